The Balaban J connectivity index is 2.07. The Morgan fingerprint density at radius 1 is 1.33 bits per heavy atom. The van der Waals surface area contributed by atoms with Gasteiger partial charge in [0.1, 0.15) is 5.60 Å². The predicted octanol–water partition coefficient (Wildman–Crippen LogP) is 3.69. The van der Waals surface area contributed by atoms with Crippen molar-refractivity contribution in [3.63, 3.8) is 0 Å². The van der Waals surface area contributed by atoms with Crippen LogP contribution in [0.1, 0.15) is 32.8 Å². The molecule has 0 N–H and O–H groups in total. The second kappa shape index (κ2) is 8.15. The normalized spacial score (nSPS) is 19.5. The maximum absolute atomic E-state index is 12.2. The van der Waals surface area contributed by atoms with Crippen LogP contribution in [0.2, 0.25) is 0 Å². The standard InChI is InChI=1S/C20H27NO3/c1-5-12-21-13-11-18(23-15-16-9-7-6-8-10-16)17(21)14-19(22)24-20(2,3)4/h5-10,14,18H,1,11-13,15H2,2-4H3/b17-14+. The van der Waals surface area contributed by atoms with Gasteiger partial charge in [0.25, 0.3) is 0 Å². The maximum Gasteiger partial charge on any atom is 0.333 e. The predicted molar refractivity (Wildman–Crippen MR) is 95.3 cm³/mol. The lowest BCUT2D eigenvalue weighted by atomic mass is 10.2. The fourth-order valence-electron chi connectivity index (χ4n) is 2.68. The van der Waals surface area contributed by atoms with Gasteiger partial charge in [-0.1, -0.05) is 36.4 Å². The van der Waals surface area contributed by atoms with Crippen molar-refractivity contribution in [3.05, 3.63) is 60.3 Å². The molecule has 1 aliphatic rings. The molecule has 0 aromatic heterocycles. The molecule has 1 saturated heterocycles. The van der Waals surface area contributed by atoms with E-state index in [1.807, 2.05) is 57.2 Å². The maximum atomic E-state index is 12.2. The van der Waals surface area contributed by atoms with Crippen molar-refractivity contribution in [1.29, 1.82) is 0 Å². The van der Waals surface area contributed by atoms with Crippen molar-refractivity contribution in [2.45, 2.75) is 45.5 Å². The third-order valence-electron chi connectivity index (χ3n) is 3.67. The summed E-state index contributed by atoms with van der Waals surface area (Å²) in [5, 5.41) is 0. The zero-order chi connectivity index (χ0) is 17.6. The van der Waals surface area contributed by atoms with Crippen molar-refractivity contribution in [3.8, 4) is 0 Å². The molecule has 2 rings (SSSR count). The molecular formula is C20H27NO3. The van der Waals surface area contributed by atoms with Crippen LogP contribution in [0.25, 0.3) is 0 Å². The molecule has 1 fully saturated rings. The number of rotatable bonds is 6. The zero-order valence-electron chi connectivity index (χ0n) is 14.8. The highest BCUT2D eigenvalue weighted by atomic mass is 16.6. The lowest BCUT2D eigenvalue weighted by Gasteiger charge is -2.23. The Hall–Kier alpha value is -2.07. The summed E-state index contributed by atoms with van der Waals surface area (Å²) in [5.41, 5.74) is 1.49. The number of carbonyl (C=O) groups excluding carboxylic acids is 1. The molecule has 1 aliphatic heterocycles. The molecule has 1 heterocycles. The topological polar surface area (TPSA) is 38.8 Å². The minimum atomic E-state index is -0.504. The number of benzene rings is 1. The molecular weight excluding hydrogens is 302 g/mol. The van der Waals surface area contributed by atoms with Gasteiger partial charge in [-0.15, -0.1) is 6.58 Å². The Bertz CT molecular complexity index is 587. The first kappa shape index (κ1) is 18.3. The summed E-state index contributed by atoms with van der Waals surface area (Å²) in [5.74, 6) is -0.332. The monoisotopic (exact) mass is 329 g/mol. The molecule has 1 unspecified atom stereocenters. The summed E-state index contributed by atoms with van der Waals surface area (Å²) in [6.45, 7) is 11.5. The summed E-state index contributed by atoms with van der Waals surface area (Å²) >= 11 is 0. The van der Waals surface area contributed by atoms with Gasteiger partial charge in [-0.3, -0.25) is 0 Å². The van der Waals surface area contributed by atoms with E-state index in [0.717, 1.165) is 24.2 Å². The largest absolute Gasteiger partial charge is 0.457 e. The molecule has 0 aliphatic carbocycles. The van der Waals surface area contributed by atoms with Gasteiger partial charge in [-0.05, 0) is 32.8 Å². The van der Waals surface area contributed by atoms with Gasteiger partial charge in [-0.2, -0.15) is 0 Å². The van der Waals surface area contributed by atoms with Crippen LogP contribution < -0.4 is 0 Å². The van der Waals surface area contributed by atoms with Crippen LogP contribution in [0.3, 0.4) is 0 Å². The first-order valence-electron chi connectivity index (χ1n) is 8.35. The molecule has 1 aromatic rings. The van der Waals surface area contributed by atoms with E-state index in [1.165, 1.54) is 0 Å². The van der Waals surface area contributed by atoms with Gasteiger partial charge < -0.3 is 14.4 Å². The SMILES string of the molecule is C=CCN1CCC(OCc2ccccc2)/C1=C\C(=O)OC(C)(C)C. The van der Waals surface area contributed by atoms with Crippen molar-refractivity contribution in [2.75, 3.05) is 13.1 Å². The summed E-state index contributed by atoms with van der Waals surface area (Å²) in [4.78, 5) is 14.3. The molecule has 0 amide bonds. The Kier molecular flexibility index (Phi) is 6.21. The average Bonchev–Trinajstić information content (AvgIpc) is 2.87. The summed E-state index contributed by atoms with van der Waals surface area (Å²) in [7, 11) is 0. The molecule has 4 nitrogen and oxygen atoms in total. The van der Waals surface area contributed by atoms with E-state index in [0.29, 0.717) is 13.2 Å². The molecule has 1 aromatic carbocycles. The van der Waals surface area contributed by atoms with Crippen molar-refractivity contribution < 1.29 is 14.3 Å². The van der Waals surface area contributed by atoms with Crippen molar-refractivity contribution in [2.24, 2.45) is 0 Å². The minimum absolute atomic E-state index is 0.0994. The molecule has 0 radical (unpaired) electrons. The fourth-order valence-corrected chi connectivity index (χ4v) is 2.68. The van der Waals surface area contributed by atoms with Gasteiger partial charge >= 0.3 is 5.97 Å². The van der Waals surface area contributed by atoms with Gasteiger partial charge in [0.15, 0.2) is 0 Å². The van der Waals surface area contributed by atoms with E-state index in [1.54, 1.807) is 6.08 Å². The fraction of sp³-hybridized carbons (Fsp3) is 0.450. The smallest absolute Gasteiger partial charge is 0.333 e. The van der Waals surface area contributed by atoms with E-state index >= 15 is 0 Å². The van der Waals surface area contributed by atoms with Crippen molar-refractivity contribution >= 4 is 5.97 Å². The minimum Gasteiger partial charge on any atom is -0.457 e. The van der Waals surface area contributed by atoms with Gasteiger partial charge in [0.05, 0.1) is 18.4 Å². The third-order valence-corrected chi connectivity index (χ3v) is 3.67. The van der Waals surface area contributed by atoms with E-state index < -0.39 is 5.60 Å². The number of hydrogen-bond donors (Lipinski definition) is 0. The van der Waals surface area contributed by atoms with Crippen LogP contribution in [0.5, 0.6) is 0 Å². The van der Waals surface area contributed by atoms with E-state index in [9.17, 15) is 4.79 Å². The molecule has 0 saturated carbocycles. The highest BCUT2D eigenvalue weighted by Gasteiger charge is 2.29. The highest BCUT2D eigenvalue weighted by molar-refractivity contribution is 5.83. The number of esters is 1. The van der Waals surface area contributed by atoms with Gasteiger partial charge in [0.2, 0.25) is 0 Å². The molecule has 0 spiro atoms. The van der Waals surface area contributed by atoms with E-state index in [2.05, 4.69) is 11.5 Å². The van der Waals surface area contributed by atoms with Crippen LogP contribution >= 0.6 is 0 Å². The number of ether oxygens (including phenoxy) is 2. The lowest BCUT2D eigenvalue weighted by Crippen LogP contribution is -2.26. The molecule has 1 atom stereocenters. The highest BCUT2D eigenvalue weighted by Crippen LogP contribution is 2.26. The van der Waals surface area contributed by atoms with Gasteiger partial charge in [-0.25, -0.2) is 4.79 Å². The summed E-state index contributed by atoms with van der Waals surface area (Å²) in [6, 6.07) is 10.0. The third kappa shape index (κ3) is 5.53. The molecule has 4 heteroatoms. The number of likely N-dealkylation sites (tertiary alicyclic amines) is 1. The van der Waals surface area contributed by atoms with Crippen LogP contribution in [0, 0.1) is 0 Å². The van der Waals surface area contributed by atoms with Crippen molar-refractivity contribution in [1.82, 2.24) is 4.90 Å². The second-order valence-electron chi connectivity index (χ2n) is 6.91. The number of hydrogen-bond acceptors (Lipinski definition) is 4. The second-order valence-corrected chi connectivity index (χ2v) is 6.91. The van der Waals surface area contributed by atoms with E-state index in [4.69, 9.17) is 9.47 Å². The van der Waals surface area contributed by atoms with Gasteiger partial charge in [0, 0.05) is 19.2 Å². The lowest BCUT2D eigenvalue weighted by molar-refractivity contribution is -0.148. The first-order chi connectivity index (χ1) is 11.4. The Morgan fingerprint density at radius 3 is 2.67 bits per heavy atom. The van der Waals surface area contributed by atoms with E-state index in [-0.39, 0.29) is 12.1 Å². The van der Waals surface area contributed by atoms with Crippen LogP contribution in [0.15, 0.2) is 54.8 Å². The molecule has 0 bridgehead atoms. The molecule has 130 valence electrons. The van der Waals surface area contributed by atoms with Crippen LogP contribution in [0.4, 0.5) is 0 Å². The van der Waals surface area contributed by atoms with Crippen LogP contribution in [-0.2, 0) is 20.9 Å². The van der Waals surface area contributed by atoms with Crippen LogP contribution in [-0.4, -0.2) is 35.7 Å². The molecule has 24 heavy (non-hydrogen) atoms. The summed E-state index contributed by atoms with van der Waals surface area (Å²) < 4.78 is 11.5. The first-order valence-corrected chi connectivity index (χ1v) is 8.35. The summed E-state index contributed by atoms with van der Waals surface area (Å²) in [6.07, 6.45) is 4.16. The Morgan fingerprint density at radius 2 is 2.04 bits per heavy atom. The quantitative estimate of drug-likeness (QED) is 0.453. The number of carbonyl (C=O) groups is 1. The Labute approximate surface area is 144 Å². The average molecular weight is 329 g/mol. The zero-order valence-corrected chi connectivity index (χ0v) is 14.8. The number of nitrogens with zero attached hydrogens (tertiary/aromatic N) is 1.